The normalized spacial score (nSPS) is 13.5. The Morgan fingerprint density at radius 1 is 0.688 bits per heavy atom. The van der Waals surface area contributed by atoms with Crippen molar-refractivity contribution in [3.8, 4) is 11.5 Å². The highest BCUT2D eigenvalue weighted by molar-refractivity contribution is 6.76. The number of aliphatic hydroxyl groups excluding tert-OH is 2. The zero-order valence-electron chi connectivity index (χ0n) is 30.0. The molecule has 2 aromatic rings. The molecule has 0 saturated carbocycles. The van der Waals surface area contributed by atoms with Gasteiger partial charge in [-0.05, 0) is 107 Å². The molecule has 272 valence electrons. The number of benzene rings is 2. The van der Waals surface area contributed by atoms with E-state index in [-0.39, 0.29) is 30.5 Å². The molecule has 2 aromatic carbocycles. The van der Waals surface area contributed by atoms with Crippen molar-refractivity contribution in [1.82, 2.24) is 0 Å². The summed E-state index contributed by atoms with van der Waals surface area (Å²) in [5.41, 5.74) is 1.91. The van der Waals surface area contributed by atoms with E-state index >= 15 is 0 Å². The van der Waals surface area contributed by atoms with Gasteiger partial charge in [-0.3, -0.25) is 4.79 Å². The molecule has 12 heteroatoms. The summed E-state index contributed by atoms with van der Waals surface area (Å²) in [5.74, 6) is -0.137. The van der Waals surface area contributed by atoms with Crippen LogP contribution in [-0.4, -0.2) is 102 Å². The van der Waals surface area contributed by atoms with Gasteiger partial charge in [-0.15, -0.1) is 0 Å². The molecule has 48 heavy (non-hydrogen) atoms. The van der Waals surface area contributed by atoms with Crippen molar-refractivity contribution < 1.29 is 48.0 Å². The Labute approximate surface area is 289 Å². The van der Waals surface area contributed by atoms with Crippen LogP contribution in [0.25, 0.3) is 0 Å². The average molecular weight is 709 g/mol. The first-order chi connectivity index (χ1) is 22.8. The molecule has 10 nitrogen and oxygen atoms in total. The molecular formula is C36H60O10Si2. The van der Waals surface area contributed by atoms with Crippen LogP contribution in [0.5, 0.6) is 11.5 Å². The van der Waals surface area contributed by atoms with Crippen molar-refractivity contribution in [2.75, 3.05) is 46.2 Å². The van der Waals surface area contributed by atoms with E-state index in [1.54, 1.807) is 24.3 Å². The highest BCUT2D eigenvalue weighted by Crippen LogP contribution is 2.26. The molecule has 0 fully saturated rings. The molecule has 0 aliphatic heterocycles. The van der Waals surface area contributed by atoms with Crippen LogP contribution >= 0.6 is 0 Å². The summed E-state index contributed by atoms with van der Waals surface area (Å²) in [6.45, 7) is 15.7. The first kappa shape index (κ1) is 42.0. The van der Waals surface area contributed by atoms with Gasteiger partial charge in [-0.1, -0.05) is 25.7 Å². The first-order valence-electron chi connectivity index (χ1n) is 17.4. The van der Waals surface area contributed by atoms with Crippen LogP contribution in [0.2, 0.25) is 31.7 Å². The van der Waals surface area contributed by atoms with Crippen LogP contribution < -0.4 is 0 Å². The quantitative estimate of drug-likeness (QED) is 0.0513. The van der Waals surface area contributed by atoms with E-state index in [9.17, 15) is 25.2 Å². The Kier molecular flexibility index (Phi) is 19.1. The minimum Gasteiger partial charge on any atom is -0.508 e. The molecule has 4 N–H and O–H groups in total. The second kappa shape index (κ2) is 21.8. The molecular weight excluding hydrogens is 649 g/mol. The maximum atomic E-state index is 13.4. The molecule has 2 unspecified atom stereocenters. The lowest BCUT2D eigenvalue weighted by Gasteiger charge is -2.28. The summed E-state index contributed by atoms with van der Waals surface area (Å²) in [4.78, 5) is 13.4. The van der Waals surface area contributed by atoms with Gasteiger partial charge in [0.05, 0.1) is 25.4 Å². The van der Waals surface area contributed by atoms with Gasteiger partial charge < -0.3 is 43.2 Å². The van der Waals surface area contributed by atoms with E-state index in [4.69, 9.17) is 22.8 Å². The van der Waals surface area contributed by atoms with Crippen molar-refractivity contribution in [2.24, 2.45) is 0 Å². The predicted molar refractivity (Wildman–Crippen MR) is 193 cm³/mol. The molecule has 0 bridgehead atoms. The SMILES string of the molecule is CCO[Si](CCCOCC(O)CCc1cc(C(=O)c2ccc(O)c(CCC(O)COCCC[Si](C)(C)C)c2)ccc1O)(OCC)OCC. The van der Waals surface area contributed by atoms with Gasteiger partial charge in [0.15, 0.2) is 5.78 Å². The monoisotopic (exact) mass is 708 g/mol. The van der Waals surface area contributed by atoms with Gasteiger partial charge in [0.25, 0.3) is 0 Å². The lowest BCUT2D eigenvalue weighted by molar-refractivity contribution is 0.0289. The Morgan fingerprint density at radius 2 is 1.10 bits per heavy atom. The molecule has 0 radical (unpaired) electrons. The van der Waals surface area contributed by atoms with Crippen LogP contribution in [0, 0.1) is 0 Å². The first-order valence-corrected chi connectivity index (χ1v) is 23.1. The third-order valence-corrected chi connectivity index (χ3v) is 12.9. The number of phenolic OH excluding ortho intramolecular Hbond substituents is 2. The number of carbonyl (C=O) groups is 1. The number of aliphatic hydroxyl groups is 2. The number of hydrogen-bond acceptors (Lipinski definition) is 10. The molecule has 0 saturated heterocycles. The highest BCUT2D eigenvalue weighted by Gasteiger charge is 2.39. The minimum absolute atomic E-state index is 0.0480. The lowest BCUT2D eigenvalue weighted by Crippen LogP contribution is -2.46. The Morgan fingerprint density at radius 3 is 1.50 bits per heavy atom. The van der Waals surface area contributed by atoms with Crippen LogP contribution in [0.1, 0.15) is 73.5 Å². The molecule has 2 atom stereocenters. The molecule has 0 spiro atoms. The summed E-state index contributed by atoms with van der Waals surface area (Å²) in [5, 5.41) is 41.8. The third kappa shape index (κ3) is 15.6. The average Bonchev–Trinajstić information content (AvgIpc) is 3.03. The smallest absolute Gasteiger partial charge is 0.501 e. The Hall–Kier alpha value is -2.14. The van der Waals surface area contributed by atoms with Gasteiger partial charge in [0.2, 0.25) is 0 Å². The summed E-state index contributed by atoms with van der Waals surface area (Å²) in [6.07, 6.45) is 1.73. The number of phenols is 2. The minimum atomic E-state index is -2.73. The Bertz CT molecular complexity index is 1200. The maximum absolute atomic E-state index is 13.4. The predicted octanol–water partition coefficient (Wildman–Crippen LogP) is 6.12. The molecule has 0 aromatic heterocycles. The number of aryl methyl sites for hydroxylation is 2. The summed E-state index contributed by atoms with van der Waals surface area (Å²) in [6, 6.07) is 11.2. The fraction of sp³-hybridized carbons (Fsp3) is 0.639. The van der Waals surface area contributed by atoms with Gasteiger partial charge in [0, 0.05) is 58.3 Å². The van der Waals surface area contributed by atoms with Gasteiger partial charge in [-0.25, -0.2) is 0 Å². The van der Waals surface area contributed by atoms with Crippen LogP contribution in [0.4, 0.5) is 0 Å². The van der Waals surface area contributed by atoms with Crippen molar-refractivity contribution in [3.63, 3.8) is 0 Å². The summed E-state index contributed by atoms with van der Waals surface area (Å²) >= 11 is 0. The van der Waals surface area contributed by atoms with Gasteiger partial charge >= 0.3 is 8.80 Å². The number of ketones is 1. The standard InChI is InChI=1S/C36H60O10Si2/c1-7-44-48(45-8-2,46-9-3)23-11-21-43-27-33(38)17-13-29-25-31(15-19-35(29)40)36(41)30-14-18-34(39)28(24-30)12-16-32(37)26-42-20-10-22-47(4,5)6/h14-15,18-19,24-25,32-33,37-40H,7-13,16-17,20-23,26-27H2,1-6H3. The van der Waals surface area contributed by atoms with Crippen LogP contribution in [-0.2, 0) is 35.6 Å². The maximum Gasteiger partial charge on any atom is 0.501 e. The number of hydrogen-bond donors (Lipinski definition) is 4. The number of rotatable bonds is 26. The second-order valence-corrected chi connectivity index (χ2v) is 21.7. The zero-order valence-corrected chi connectivity index (χ0v) is 32.0. The molecule has 0 amide bonds. The van der Waals surface area contributed by atoms with Crippen molar-refractivity contribution in [1.29, 1.82) is 0 Å². The molecule has 2 rings (SSSR count). The summed E-state index contributed by atoms with van der Waals surface area (Å²) in [7, 11) is -3.83. The fourth-order valence-corrected chi connectivity index (χ4v) is 9.15. The number of carbonyl (C=O) groups excluding carboxylic acids is 1. The van der Waals surface area contributed by atoms with E-state index in [0.29, 0.717) is 93.4 Å². The largest absolute Gasteiger partial charge is 0.508 e. The Balaban J connectivity index is 1.87. The summed E-state index contributed by atoms with van der Waals surface area (Å²) < 4.78 is 29.0. The fourth-order valence-electron chi connectivity index (χ4n) is 5.37. The van der Waals surface area contributed by atoms with Crippen LogP contribution in [0.15, 0.2) is 36.4 Å². The van der Waals surface area contributed by atoms with E-state index in [1.165, 1.54) is 18.2 Å². The van der Waals surface area contributed by atoms with Gasteiger partial charge in [-0.2, -0.15) is 0 Å². The zero-order chi connectivity index (χ0) is 35.6. The van der Waals surface area contributed by atoms with Crippen molar-refractivity contribution >= 4 is 22.7 Å². The van der Waals surface area contributed by atoms with Crippen molar-refractivity contribution in [3.05, 3.63) is 58.7 Å². The highest BCUT2D eigenvalue weighted by atomic mass is 28.4. The van der Waals surface area contributed by atoms with E-state index in [2.05, 4.69) is 19.6 Å². The van der Waals surface area contributed by atoms with E-state index in [0.717, 1.165) is 6.42 Å². The van der Waals surface area contributed by atoms with Crippen LogP contribution in [0.3, 0.4) is 0 Å². The molecule has 0 aliphatic carbocycles. The topological polar surface area (TPSA) is 144 Å². The molecule has 0 aliphatic rings. The number of aromatic hydroxyl groups is 2. The second-order valence-electron chi connectivity index (χ2n) is 13.3. The number of ether oxygens (including phenoxy) is 2. The van der Waals surface area contributed by atoms with Crippen molar-refractivity contribution in [2.45, 2.75) is 103 Å². The van der Waals surface area contributed by atoms with E-state index in [1.807, 2.05) is 20.8 Å². The third-order valence-electron chi connectivity index (χ3n) is 7.88. The molecule has 0 heterocycles. The van der Waals surface area contributed by atoms with E-state index < -0.39 is 29.1 Å². The van der Waals surface area contributed by atoms with Gasteiger partial charge in [0.1, 0.15) is 11.5 Å². The lowest BCUT2D eigenvalue weighted by atomic mass is 9.96.